The van der Waals surface area contributed by atoms with Crippen molar-refractivity contribution in [3.63, 3.8) is 0 Å². The molecule has 0 aliphatic heterocycles. The second-order valence-corrected chi connectivity index (χ2v) is 2.71. The first-order chi connectivity index (χ1) is 7.31. The second-order valence-electron chi connectivity index (χ2n) is 2.71. The molecule has 1 aromatic carbocycles. The van der Waals surface area contributed by atoms with Crippen LogP contribution in [-0.4, -0.2) is 13.4 Å². The Balaban J connectivity index is 3.00. The van der Waals surface area contributed by atoms with Crippen LogP contribution in [0.5, 0.6) is 5.75 Å². The van der Waals surface area contributed by atoms with Crippen LogP contribution in [0.3, 0.4) is 0 Å². The fraction of sp³-hybridized carbons (Fsp3) is 0.167. The van der Waals surface area contributed by atoms with E-state index in [1.165, 1.54) is 7.11 Å². The van der Waals surface area contributed by atoms with Gasteiger partial charge >= 0.3 is 0 Å². The van der Waals surface area contributed by atoms with Gasteiger partial charge in [-0.05, 0) is 18.2 Å². The van der Waals surface area contributed by atoms with E-state index in [-0.39, 0.29) is 6.42 Å². The largest absolute Gasteiger partial charge is 0.496 e. The molecule has 0 saturated carbocycles. The summed E-state index contributed by atoms with van der Waals surface area (Å²) in [4.78, 5) is 10.7. The molecule has 0 atom stereocenters. The normalized spacial score (nSPS) is 8.27. The van der Waals surface area contributed by atoms with E-state index in [2.05, 4.69) is 11.8 Å². The van der Waals surface area contributed by atoms with Gasteiger partial charge in [-0.3, -0.25) is 4.79 Å². The number of ether oxygens (including phenoxy) is 1. The average Bonchev–Trinajstić information content (AvgIpc) is 2.29. The molecule has 0 N–H and O–H groups in total. The van der Waals surface area contributed by atoms with E-state index in [0.29, 0.717) is 23.2 Å². The Hall–Kier alpha value is -2.26. The lowest BCUT2D eigenvalue weighted by Gasteiger charge is -2.02. The summed E-state index contributed by atoms with van der Waals surface area (Å²) >= 11 is 0. The van der Waals surface area contributed by atoms with Crippen LogP contribution in [0, 0.1) is 23.2 Å². The Labute approximate surface area is 88.3 Å². The van der Waals surface area contributed by atoms with E-state index >= 15 is 0 Å². The lowest BCUT2D eigenvalue weighted by atomic mass is 10.1. The summed E-state index contributed by atoms with van der Waals surface area (Å²) in [6.45, 7) is 0. The van der Waals surface area contributed by atoms with Gasteiger partial charge < -0.3 is 4.74 Å². The molecule has 0 aliphatic rings. The Morgan fingerprint density at radius 2 is 2.33 bits per heavy atom. The topological polar surface area (TPSA) is 50.1 Å². The third kappa shape index (κ3) is 2.86. The van der Waals surface area contributed by atoms with E-state index in [1.54, 1.807) is 18.2 Å². The molecule has 0 unspecified atom stereocenters. The highest BCUT2D eigenvalue weighted by molar-refractivity contribution is 5.80. The number of rotatable bonds is 2. The minimum absolute atomic E-state index is 0.183. The summed E-state index contributed by atoms with van der Waals surface area (Å²) in [5, 5.41) is 8.30. The molecule has 1 aromatic rings. The Bertz CT molecular complexity index is 461. The van der Waals surface area contributed by atoms with Gasteiger partial charge in [0.2, 0.25) is 0 Å². The van der Waals surface area contributed by atoms with Crippen molar-refractivity contribution >= 4 is 6.29 Å². The lowest BCUT2D eigenvalue weighted by Crippen LogP contribution is -1.90. The van der Waals surface area contributed by atoms with Crippen LogP contribution in [0.25, 0.3) is 0 Å². The van der Waals surface area contributed by atoms with Crippen LogP contribution in [-0.2, 0) is 0 Å². The molecule has 1 rings (SSSR count). The van der Waals surface area contributed by atoms with Crippen molar-refractivity contribution in [3.05, 3.63) is 29.3 Å². The van der Waals surface area contributed by atoms with Crippen LogP contribution in [0.2, 0.25) is 0 Å². The Morgan fingerprint density at radius 1 is 1.53 bits per heavy atom. The van der Waals surface area contributed by atoms with Crippen molar-refractivity contribution in [2.45, 2.75) is 6.42 Å². The predicted molar refractivity (Wildman–Crippen MR) is 55.5 cm³/mol. The summed E-state index contributed by atoms with van der Waals surface area (Å²) in [7, 11) is 1.50. The van der Waals surface area contributed by atoms with Gasteiger partial charge in [0.1, 0.15) is 5.75 Å². The van der Waals surface area contributed by atoms with Crippen LogP contribution in [0.4, 0.5) is 0 Å². The van der Waals surface area contributed by atoms with Gasteiger partial charge in [0, 0.05) is 5.56 Å². The molecule has 0 aromatic heterocycles. The highest BCUT2D eigenvalue weighted by Gasteiger charge is 2.01. The van der Waals surface area contributed by atoms with E-state index < -0.39 is 0 Å². The number of carbonyl (C=O) groups excluding carboxylic acids is 1. The molecule has 0 amide bonds. The van der Waals surface area contributed by atoms with Crippen molar-refractivity contribution in [1.29, 1.82) is 5.26 Å². The highest BCUT2D eigenvalue weighted by atomic mass is 16.5. The van der Waals surface area contributed by atoms with E-state index in [0.717, 1.165) is 0 Å². The van der Waals surface area contributed by atoms with Crippen molar-refractivity contribution in [3.8, 4) is 23.7 Å². The summed E-state index contributed by atoms with van der Waals surface area (Å²) in [6, 6.07) is 6.98. The summed E-state index contributed by atoms with van der Waals surface area (Å²) in [5.74, 6) is 5.98. The minimum atomic E-state index is 0.183. The van der Waals surface area contributed by atoms with Gasteiger partial charge in [-0.1, -0.05) is 11.8 Å². The number of carbonyl (C=O) groups is 1. The zero-order valence-electron chi connectivity index (χ0n) is 8.28. The van der Waals surface area contributed by atoms with E-state index in [9.17, 15) is 4.79 Å². The zero-order chi connectivity index (χ0) is 11.1. The monoisotopic (exact) mass is 199 g/mol. The molecule has 15 heavy (non-hydrogen) atoms. The van der Waals surface area contributed by atoms with E-state index in [4.69, 9.17) is 10.00 Å². The summed E-state index contributed by atoms with van der Waals surface area (Å²) < 4.78 is 4.99. The fourth-order valence-electron chi connectivity index (χ4n) is 1.09. The van der Waals surface area contributed by atoms with Gasteiger partial charge in [-0.15, -0.1) is 0 Å². The van der Waals surface area contributed by atoms with Crippen LogP contribution in [0.15, 0.2) is 18.2 Å². The van der Waals surface area contributed by atoms with Gasteiger partial charge in [0.15, 0.2) is 6.29 Å². The first kappa shape index (κ1) is 10.8. The molecule has 0 radical (unpaired) electrons. The maximum atomic E-state index is 10.7. The highest BCUT2D eigenvalue weighted by Crippen LogP contribution is 2.17. The molecule has 0 fully saturated rings. The fourth-order valence-corrected chi connectivity index (χ4v) is 1.09. The molecule has 0 heterocycles. The molecule has 0 aliphatic carbocycles. The molecule has 3 nitrogen and oxygen atoms in total. The number of hydrogen-bond donors (Lipinski definition) is 0. The average molecular weight is 199 g/mol. The first-order valence-corrected chi connectivity index (χ1v) is 4.31. The number of aldehydes is 1. The molecule has 3 heteroatoms. The number of hydrogen-bond acceptors (Lipinski definition) is 3. The van der Waals surface area contributed by atoms with Crippen LogP contribution >= 0.6 is 0 Å². The maximum absolute atomic E-state index is 10.7. The third-order valence-corrected chi connectivity index (χ3v) is 1.76. The molecule has 0 saturated heterocycles. The molecule has 74 valence electrons. The number of nitriles is 1. The smallest absolute Gasteiger partial charge is 0.153 e. The van der Waals surface area contributed by atoms with Crippen molar-refractivity contribution in [1.82, 2.24) is 0 Å². The summed E-state index contributed by atoms with van der Waals surface area (Å²) in [6.07, 6.45) is 0.900. The number of benzene rings is 1. The Morgan fingerprint density at radius 3 is 2.93 bits per heavy atom. The number of nitrogens with zero attached hydrogens (tertiary/aromatic N) is 1. The number of methoxy groups -OCH3 is 1. The minimum Gasteiger partial charge on any atom is -0.496 e. The van der Waals surface area contributed by atoms with Crippen molar-refractivity contribution in [2.75, 3.05) is 7.11 Å². The SMILES string of the molecule is COc1ccc(C#CCC#N)cc1C=O. The van der Waals surface area contributed by atoms with E-state index in [1.807, 2.05) is 6.07 Å². The summed E-state index contributed by atoms with van der Waals surface area (Å²) in [5.41, 5.74) is 1.16. The molecular formula is C12H9NO2. The second kappa shape index (κ2) is 5.47. The maximum Gasteiger partial charge on any atom is 0.153 e. The third-order valence-electron chi connectivity index (χ3n) is 1.76. The van der Waals surface area contributed by atoms with Crippen LogP contribution < -0.4 is 4.74 Å². The molecule has 0 spiro atoms. The van der Waals surface area contributed by atoms with Gasteiger partial charge in [0.25, 0.3) is 0 Å². The zero-order valence-corrected chi connectivity index (χ0v) is 8.28. The standard InChI is InChI=1S/C12H9NO2/c1-15-12-6-5-10(4-2-3-7-13)8-11(12)9-14/h5-6,8-9H,3H2,1H3. The van der Waals surface area contributed by atoms with Crippen molar-refractivity contribution in [2.24, 2.45) is 0 Å². The van der Waals surface area contributed by atoms with Gasteiger partial charge in [-0.2, -0.15) is 5.26 Å². The van der Waals surface area contributed by atoms with Gasteiger partial charge in [-0.25, -0.2) is 0 Å². The van der Waals surface area contributed by atoms with Crippen LogP contribution in [0.1, 0.15) is 22.3 Å². The Kier molecular flexibility index (Phi) is 3.94. The lowest BCUT2D eigenvalue weighted by molar-refractivity contribution is 0.112. The molecular weight excluding hydrogens is 190 g/mol. The molecule has 0 bridgehead atoms. The predicted octanol–water partition coefficient (Wildman–Crippen LogP) is 1.77. The first-order valence-electron chi connectivity index (χ1n) is 4.31. The van der Waals surface area contributed by atoms with Crippen molar-refractivity contribution < 1.29 is 9.53 Å². The van der Waals surface area contributed by atoms with Gasteiger partial charge in [0.05, 0.1) is 25.2 Å². The quantitative estimate of drug-likeness (QED) is 0.538.